The van der Waals surface area contributed by atoms with Crippen LogP contribution in [0.5, 0.6) is 5.75 Å². The predicted octanol–water partition coefficient (Wildman–Crippen LogP) is 3.22. The molecule has 6 nitrogen and oxygen atoms in total. The molecule has 138 valence electrons. The van der Waals surface area contributed by atoms with Gasteiger partial charge in [-0.15, -0.1) is 0 Å². The van der Waals surface area contributed by atoms with Crippen molar-refractivity contribution in [2.75, 3.05) is 7.11 Å². The van der Waals surface area contributed by atoms with Crippen molar-refractivity contribution in [1.82, 2.24) is 20.1 Å². The zero-order chi connectivity index (χ0) is 18.8. The number of halogens is 1. The summed E-state index contributed by atoms with van der Waals surface area (Å²) in [6.45, 7) is 0. The molecule has 1 amide bonds. The first-order valence-corrected chi connectivity index (χ1v) is 8.80. The molecule has 0 aliphatic heterocycles. The van der Waals surface area contributed by atoms with Crippen molar-refractivity contribution >= 4 is 5.91 Å². The van der Waals surface area contributed by atoms with Crippen LogP contribution in [0.3, 0.4) is 0 Å². The first-order chi connectivity index (χ1) is 13.2. The van der Waals surface area contributed by atoms with Gasteiger partial charge < -0.3 is 10.1 Å². The summed E-state index contributed by atoms with van der Waals surface area (Å²) >= 11 is 0. The smallest absolute Gasteiger partial charge is 0.270 e. The molecular weight excluding hydrogens is 347 g/mol. The molecule has 1 atom stereocenters. The molecule has 0 bridgehead atoms. The highest BCUT2D eigenvalue weighted by atomic mass is 19.1. The number of ether oxygens (including phenoxy) is 1. The van der Waals surface area contributed by atoms with Gasteiger partial charge in [0.25, 0.3) is 5.91 Å². The van der Waals surface area contributed by atoms with Gasteiger partial charge in [-0.25, -0.2) is 9.67 Å². The fraction of sp³-hybridized carbons (Fsp3) is 0.250. The maximum atomic E-state index is 13.3. The van der Waals surface area contributed by atoms with Crippen molar-refractivity contribution in [2.45, 2.75) is 25.3 Å². The third-order valence-electron chi connectivity index (χ3n) is 4.75. The lowest BCUT2D eigenvalue weighted by molar-refractivity contribution is 0.0926. The van der Waals surface area contributed by atoms with E-state index in [0.717, 1.165) is 42.0 Å². The topological polar surface area (TPSA) is 69.0 Å². The van der Waals surface area contributed by atoms with Crippen LogP contribution >= 0.6 is 0 Å². The molecule has 4 rings (SSSR count). The van der Waals surface area contributed by atoms with Crippen LogP contribution in [0.4, 0.5) is 4.39 Å². The minimum atomic E-state index is -0.667. The Labute approximate surface area is 156 Å². The van der Waals surface area contributed by atoms with E-state index in [1.54, 1.807) is 13.3 Å². The number of hydrogen-bond donors (Lipinski definition) is 1. The molecule has 1 aliphatic carbocycles. The quantitative estimate of drug-likeness (QED) is 0.720. The van der Waals surface area contributed by atoms with Gasteiger partial charge in [-0.05, 0) is 55.7 Å². The van der Waals surface area contributed by atoms with E-state index in [2.05, 4.69) is 15.4 Å². The summed E-state index contributed by atoms with van der Waals surface area (Å²) in [4.78, 5) is 16.1. The maximum absolute atomic E-state index is 13.3. The fourth-order valence-corrected chi connectivity index (χ4v) is 3.42. The number of carbonyl (C=O) groups excluding carboxylic acids is 1. The number of hydrogen-bond acceptors (Lipinski definition) is 4. The number of carbonyl (C=O) groups is 1. The van der Waals surface area contributed by atoms with Crippen LogP contribution in [0, 0.1) is 5.95 Å². The molecule has 1 aliphatic rings. The molecule has 3 aromatic rings. The van der Waals surface area contributed by atoms with E-state index in [1.165, 1.54) is 18.2 Å². The number of amides is 1. The number of methoxy groups -OCH3 is 1. The normalized spacial score (nSPS) is 15.9. The highest BCUT2D eigenvalue weighted by Gasteiger charge is 2.26. The summed E-state index contributed by atoms with van der Waals surface area (Å²) in [7, 11) is 1.63. The third kappa shape index (κ3) is 3.40. The van der Waals surface area contributed by atoms with Gasteiger partial charge in [0.15, 0.2) is 0 Å². The van der Waals surface area contributed by atoms with Crippen molar-refractivity contribution < 1.29 is 13.9 Å². The Bertz CT molecular complexity index is 968. The van der Waals surface area contributed by atoms with E-state index < -0.39 is 5.95 Å². The van der Waals surface area contributed by atoms with Gasteiger partial charge in [0.05, 0.1) is 25.0 Å². The van der Waals surface area contributed by atoms with Crippen molar-refractivity contribution in [3.63, 3.8) is 0 Å². The average molecular weight is 366 g/mol. The molecule has 1 unspecified atom stereocenters. The number of nitrogens with zero attached hydrogens (tertiary/aromatic N) is 3. The van der Waals surface area contributed by atoms with Crippen LogP contribution in [-0.2, 0) is 6.42 Å². The number of nitrogens with one attached hydrogen (secondary N) is 1. The molecule has 7 heteroatoms. The Morgan fingerprint density at radius 1 is 1.26 bits per heavy atom. The van der Waals surface area contributed by atoms with Gasteiger partial charge in [-0.3, -0.25) is 4.79 Å². The Morgan fingerprint density at radius 3 is 2.81 bits per heavy atom. The highest BCUT2D eigenvalue weighted by molar-refractivity contribution is 5.92. The van der Waals surface area contributed by atoms with E-state index in [-0.39, 0.29) is 17.6 Å². The zero-order valence-corrected chi connectivity index (χ0v) is 14.9. The first-order valence-electron chi connectivity index (χ1n) is 8.80. The lowest BCUT2D eigenvalue weighted by Crippen LogP contribution is -2.31. The van der Waals surface area contributed by atoms with E-state index in [1.807, 2.05) is 28.9 Å². The Hall–Kier alpha value is -3.22. The van der Waals surface area contributed by atoms with Gasteiger partial charge >= 0.3 is 0 Å². The Balaban J connectivity index is 1.59. The maximum Gasteiger partial charge on any atom is 0.270 e. The third-order valence-corrected chi connectivity index (χ3v) is 4.75. The highest BCUT2D eigenvalue weighted by Crippen LogP contribution is 2.31. The van der Waals surface area contributed by atoms with Gasteiger partial charge in [0.1, 0.15) is 11.4 Å². The average Bonchev–Trinajstić information content (AvgIpc) is 3.13. The summed E-state index contributed by atoms with van der Waals surface area (Å²) < 4.78 is 20.4. The molecule has 0 saturated carbocycles. The number of pyridine rings is 1. The first kappa shape index (κ1) is 17.2. The summed E-state index contributed by atoms with van der Waals surface area (Å²) in [5.41, 5.74) is 3.08. The minimum absolute atomic E-state index is 0.0738. The standard InChI is InChI=1S/C20H19FN4O2/c1-27-14-10-8-13(9-11-14)25-18-6-2-4-16(15(18)12-22-25)24-20(26)17-5-3-7-19(21)23-17/h3,5,7-12,16H,2,4,6H2,1H3,(H,24,26). The van der Waals surface area contributed by atoms with E-state index in [0.29, 0.717) is 0 Å². The van der Waals surface area contributed by atoms with Gasteiger partial charge in [-0.1, -0.05) is 6.07 Å². The Morgan fingerprint density at radius 2 is 2.07 bits per heavy atom. The molecular formula is C20H19FN4O2. The summed E-state index contributed by atoms with van der Waals surface area (Å²) in [5, 5.41) is 7.48. The van der Waals surface area contributed by atoms with Crippen molar-refractivity contribution in [3.8, 4) is 11.4 Å². The summed E-state index contributed by atoms with van der Waals surface area (Å²) in [6, 6.07) is 11.7. The Kier molecular flexibility index (Phi) is 4.58. The van der Waals surface area contributed by atoms with Crippen LogP contribution in [0.1, 0.15) is 40.6 Å². The van der Waals surface area contributed by atoms with Crippen LogP contribution < -0.4 is 10.1 Å². The molecule has 2 heterocycles. The SMILES string of the molecule is COc1ccc(-n2ncc3c2CCCC3NC(=O)c2cccc(F)n2)cc1. The molecule has 0 spiro atoms. The minimum Gasteiger partial charge on any atom is -0.497 e. The van der Waals surface area contributed by atoms with Gasteiger partial charge in [0.2, 0.25) is 5.95 Å². The lowest BCUT2D eigenvalue weighted by Gasteiger charge is -2.24. The monoisotopic (exact) mass is 366 g/mol. The van der Waals surface area contributed by atoms with E-state index >= 15 is 0 Å². The van der Waals surface area contributed by atoms with E-state index in [4.69, 9.17) is 4.74 Å². The van der Waals surface area contributed by atoms with Crippen molar-refractivity contribution in [3.05, 3.63) is 71.6 Å². The van der Waals surface area contributed by atoms with E-state index in [9.17, 15) is 9.18 Å². The second kappa shape index (κ2) is 7.19. The van der Waals surface area contributed by atoms with Crippen LogP contribution in [0.25, 0.3) is 5.69 Å². The summed E-state index contributed by atoms with van der Waals surface area (Å²) in [6.07, 6.45) is 4.41. The molecule has 1 aromatic carbocycles. The molecule has 1 N–H and O–H groups in total. The number of fused-ring (bicyclic) bond motifs is 1. The van der Waals surface area contributed by atoms with Gasteiger partial charge in [0, 0.05) is 11.3 Å². The van der Waals surface area contributed by atoms with Crippen LogP contribution in [-0.4, -0.2) is 27.8 Å². The summed E-state index contributed by atoms with van der Waals surface area (Å²) in [5.74, 6) is -0.267. The van der Waals surface area contributed by atoms with Crippen LogP contribution in [0.15, 0.2) is 48.7 Å². The number of rotatable bonds is 4. The number of benzene rings is 1. The lowest BCUT2D eigenvalue weighted by atomic mass is 9.92. The predicted molar refractivity (Wildman–Crippen MR) is 97.5 cm³/mol. The second-order valence-corrected chi connectivity index (χ2v) is 6.42. The molecule has 0 radical (unpaired) electrons. The molecule has 27 heavy (non-hydrogen) atoms. The molecule has 2 aromatic heterocycles. The van der Waals surface area contributed by atoms with Crippen molar-refractivity contribution in [1.29, 1.82) is 0 Å². The zero-order valence-electron chi connectivity index (χ0n) is 14.9. The molecule has 0 saturated heterocycles. The fourth-order valence-electron chi connectivity index (χ4n) is 3.42. The van der Waals surface area contributed by atoms with Crippen LogP contribution in [0.2, 0.25) is 0 Å². The van der Waals surface area contributed by atoms with Crippen molar-refractivity contribution in [2.24, 2.45) is 0 Å². The van der Waals surface area contributed by atoms with Gasteiger partial charge in [-0.2, -0.15) is 9.49 Å². The number of aromatic nitrogens is 3. The largest absolute Gasteiger partial charge is 0.497 e. The second-order valence-electron chi connectivity index (χ2n) is 6.42. The molecule has 0 fully saturated rings.